The molecule has 2 atom stereocenters. The Hall–Kier alpha value is -1.99. The molecule has 2 aromatic rings. The molecule has 2 N–H and O–H groups in total. The first kappa shape index (κ1) is 15.9. The van der Waals surface area contributed by atoms with Gasteiger partial charge in [0.2, 0.25) is 5.91 Å². The highest BCUT2D eigenvalue weighted by Crippen LogP contribution is 2.20. The van der Waals surface area contributed by atoms with Crippen LogP contribution in [0.3, 0.4) is 0 Å². The topological polar surface area (TPSA) is 70.2 Å². The van der Waals surface area contributed by atoms with Gasteiger partial charge in [0.1, 0.15) is 5.82 Å². The number of aromatic nitrogens is 2. The molecule has 1 aliphatic rings. The normalized spacial score (nSPS) is 19.4. The summed E-state index contributed by atoms with van der Waals surface area (Å²) in [5.74, 6) is 1.45. The number of nitrogens with zero attached hydrogens (tertiary/aromatic N) is 3. The molecule has 1 fully saturated rings. The number of anilines is 2. The Labute approximate surface area is 140 Å². The summed E-state index contributed by atoms with van der Waals surface area (Å²) in [5, 5.41) is 8.76. The summed E-state index contributed by atoms with van der Waals surface area (Å²) in [6.45, 7) is 4.71. The van der Waals surface area contributed by atoms with Crippen LogP contribution in [0.2, 0.25) is 0 Å². The van der Waals surface area contributed by atoms with Crippen LogP contribution < -0.4 is 10.6 Å². The summed E-state index contributed by atoms with van der Waals surface area (Å²) in [5.41, 5.74) is 0. The standard InChI is InChI=1S/C16H21N5OS/c1-12(15(22)20-16-18-7-9-23-16)21-8-5-13(11-21)10-19-14-4-2-3-6-17-14/h2-4,6-7,9,12-13H,5,8,10-11H2,1H3,(H,17,19)(H,18,20,22)/t12-,13+/m1/s1. The van der Waals surface area contributed by atoms with E-state index in [0.29, 0.717) is 11.0 Å². The van der Waals surface area contributed by atoms with Gasteiger partial charge in [-0.3, -0.25) is 9.69 Å². The molecule has 23 heavy (non-hydrogen) atoms. The number of likely N-dealkylation sites (tertiary alicyclic amines) is 1. The third-order valence-corrected chi connectivity index (χ3v) is 4.83. The van der Waals surface area contributed by atoms with Gasteiger partial charge >= 0.3 is 0 Å². The van der Waals surface area contributed by atoms with Crippen LogP contribution >= 0.6 is 11.3 Å². The maximum absolute atomic E-state index is 12.3. The molecule has 6 nitrogen and oxygen atoms in total. The van der Waals surface area contributed by atoms with Gasteiger partial charge in [-0.15, -0.1) is 11.3 Å². The van der Waals surface area contributed by atoms with Gasteiger partial charge in [0.15, 0.2) is 5.13 Å². The van der Waals surface area contributed by atoms with Crippen LogP contribution in [0.5, 0.6) is 0 Å². The van der Waals surface area contributed by atoms with E-state index in [1.165, 1.54) is 11.3 Å². The molecule has 7 heteroatoms. The van der Waals surface area contributed by atoms with Crippen molar-refractivity contribution in [2.24, 2.45) is 5.92 Å². The van der Waals surface area contributed by atoms with Crippen molar-refractivity contribution < 1.29 is 4.79 Å². The lowest BCUT2D eigenvalue weighted by Crippen LogP contribution is -2.41. The minimum absolute atomic E-state index is 0.0123. The molecule has 0 unspecified atom stereocenters. The average molecular weight is 331 g/mol. The number of carbonyl (C=O) groups is 1. The van der Waals surface area contributed by atoms with E-state index in [0.717, 1.165) is 31.9 Å². The van der Waals surface area contributed by atoms with E-state index in [1.807, 2.05) is 30.5 Å². The summed E-state index contributed by atoms with van der Waals surface area (Å²) < 4.78 is 0. The minimum atomic E-state index is -0.140. The highest BCUT2D eigenvalue weighted by molar-refractivity contribution is 7.13. The lowest BCUT2D eigenvalue weighted by atomic mass is 10.1. The second-order valence-corrected chi connectivity index (χ2v) is 6.64. The Morgan fingerprint density at radius 3 is 3.09 bits per heavy atom. The van der Waals surface area contributed by atoms with Crippen LogP contribution in [-0.2, 0) is 4.79 Å². The van der Waals surface area contributed by atoms with E-state index in [2.05, 4.69) is 25.5 Å². The molecule has 1 saturated heterocycles. The number of rotatable bonds is 6. The molecule has 1 aliphatic heterocycles. The van der Waals surface area contributed by atoms with E-state index >= 15 is 0 Å². The van der Waals surface area contributed by atoms with Crippen LogP contribution in [0.25, 0.3) is 0 Å². The van der Waals surface area contributed by atoms with E-state index in [4.69, 9.17) is 0 Å². The minimum Gasteiger partial charge on any atom is -0.370 e. The fraction of sp³-hybridized carbons (Fsp3) is 0.438. The van der Waals surface area contributed by atoms with Crippen LogP contribution in [0.4, 0.5) is 10.9 Å². The van der Waals surface area contributed by atoms with Crippen molar-refractivity contribution in [1.29, 1.82) is 0 Å². The van der Waals surface area contributed by atoms with E-state index < -0.39 is 0 Å². The van der Waals surface area contributed by atoms with Gasteiger partial charge in [-0.05, 0) is 37.9 Å². The average Bonchev–Trinajstić information content (AvgIpc) is 3.25. The highest BCUT2D eigenvalue weighted by atomic mass is 32.1. The summed E-state index contributed by atoms with van der Waals surface area (Å²) in [4.78, 5) is 22.9. The summed E-state index contributed by atoms with van der Waals surface area (Å²) in [6, 6.07) is 5.71. The summed E-state index contributed by atoms with van der Waals surface area (Å²) in [7, 11) is 0. The first-order chi connectivity index (χ1) is 11.2. The second kappa shape index (κ2) is 7.52. The van der Waals surface area contributed by atoms with Crippen molar-refractivity contribution in [2.75, 3.05) is 30.3 Å². The Bertz CT molecular complexity index is 619. The summed E-state index contributed by atoms with van der Waals surface area (Å²) >= 11 is 1.44. The predicted molar refractivity (Wildman–Crippen MR) is 92.6 cm³/mol. The molecule has 3 rings (SSSR count). The Morgan fingerprint density at radius 2 is 2.35 bits per heavy atom. The zero-order valence-electron chi connectivity index (χ0n) is 13.1. The molecule has 0 bridgehead atoms. The molecule has 3 heterocycles. The third-order valence-electron chi connectivity index (χ3n) is 4.14. The molecule has 1 amide bonds. The van der Waals surface area contributed by atoms with Crippen LogP contribution in [0.1, 0.15) is 13.3 Å². The number of carbonyl (C=O) groups excluding carboxylic acids is 1. The smallest absolute Gasteiger partial charge is 0.243 e. The molecule has 2 aromatic heterocycles. The fourth-order valence-electron chi connectivity index (χ4n) is 2.76. The van der Waals surface area contributed by atoms with Crippen molar-refractivity contribution in [3.05, 3.63) is 36.0 Å². The maximum atomic E-state index is 12.3. The number of amides is 1. The number of pyridine rings is 1. The van der Waals surface area contributed by atoms with Crippen LogP contribution in [-0.4, -0.2) is 46.5 Å². The largest absolute Gasteiger partial charge is 0.370 e. The first-order valence-electron chi connectivity index (χ1n) is 7.81. The fourth-order valence-corrected chi connectivity index (χ4v) is 3.29. The number of hydrogen-bond acceptors (Lipinski definition) is 6. The van der Waals surface area contributed by atoms with Gasteiger partial charge in [-0.2, -0.15) is 0 Å². The van der Waals surface area contributed by atoms with Crippen molar-refractivity contribution in [1.82, 2.24) is 14.9 Å². The number of nitrogens with one attached hydrogen (secondary N) is 2. The van der Waals surface area contributed by atoms with Gasteiger partial charge in [0.25, 0.3) is 0 Å². The molecule has 0 aliphatic carbocycles. The Morgan fingerprint density at radius 1 is 1.43 bits per heavy atom. The monoisotopic (exact) mass is 331 g/mol. The highest BCUT2D eigenvalue weighted by Gasteiger charge is 2.29. The van der Waals surface area contributed by atoms with Crippen molar-refractivity contribution in [3.63, 3.8) is 0 Å². The molecular weight excluding hydrogens is 310 g/mol. The second-order valence-electron chi connectivity index (χ2n) is 5.75. The zero-order chi connectivity index (χ0) is 16.1. The van der Waals surface area contributed by atoms with Crippen molar-refractivity contribution in [3.8, 4) is 0 Å². The Kier molecular flexibility index (Phi) is 5.19. The SMILES string of the molecule is C[C@H](C(=O)Nc1nccs1)N1CC[C@@H](CNc2ccccn2)C1. The van der Waals surface area contributed by atoms with Crippen LogP contribution in [0.15, 0.2) is 36.0 Å². The van der Waals surface area contributed by atoms with Crippen LogP contribution in [0, 0.1) is 5.92 Å². The summed E-state index contributed by atoms with van der Waals surface area (Å²) in [6.07, 6.45) is 4.57. The molecule has 0 radical (unpaired) electrons. The molecule has 0 saturated carbocycles. The van der Waals surface area contributed by atoms with Gasteiger partial charge in [-0.25, -0.2) is 9.97 Å². The molecule has 0 aromatic carbocycles. The quantitative estimate of drug-likeness (QED) is 0.850. The molecule has 0 spiro atoms. The van der Waals surface area contributed by atoms with Gasteiger partial charge < -0.3 is 10.6 Å². The van der Waals surface area contributed by atoms with Gasteiger partial charge in [0, 0.05) is 30.9 Å². The number of thiazole rings is 1. The first-order valence-corrected chi connectivity index (χ1v) is 8.69. The van der Waals surface area contributed by atoms with E-state index in [-0.39, 0.29) is 11.9 Å². The predicted octanol–water partition coefficient (Wildman–Crippen LogP) is 2.30. The Balaban J connectivity index is 1.46. The van der Waals surface area contributed by atoms with Crippen molar-refractivity contribution in [2.45, 2.75) is 19.4 Å². The lowest BCUT2D eigenvalue weighted by molar-refractivity contribution is -0.120. The van der Waals surface area contributed by atoms with E-state index in [1.54, 1.807) is 12.4 Å². The zero-order valence-corrected chi connectivity index (χ0v) is 13.9. The number of hydrogen-bond donors (Lipinski definition) is 2. The molecule has 122 valence electrons. The van der Waals surface area contributed by atoms with E-state index in [9.17, 15) is 4.79 Å². The maximum Gasteiger partial charge on any atom is 0.243 e. The van der Waals surface area contributed by atoms with Crippen molar-refractivity contribution >= 4 is 28.2 Å². The molecular formula is C16H21N5OS. The van der Waals surface area contributed by atoms with Gasteiger partial charge in [-0.1, -0.05) is 6.07 Å². The van der Waals surface area contributed by atoms with Gasteiger partial charge in [0.05, 0.1) is 6.04 Å². The third kappa shape index (κ3) is 4.27. The lowest BCUT2D eigenvalue weighted by Gasteiger charge is -2.23.